The van der Waals surface area contributed by atoms with Crippen LogP contribution in [0.2, 0.25) is 5.02 Å². The van der Waals surface area contributed by atoms with Gasteiger partial charge in [-0.2, -0.15) is 0 Å². The summed E-state index contributed by atoms with van der Waals surface area (Å²) in [7, 11) is 0. The van der Waals surface area contributed by atoms with Gasteiger partial charge in [-0.1, -0.05) is 70.0 Å². The van der Waals surface area contributed by atoms with Crippen LogP contribution in [0, 0.1) is 0 Å². The Bertz CT molecular complexity index is 698. The van der Waals surface area contributed by atoms with E-state index in [4.69, 9.17) is 11.6 Å². The van der Waals surface area contributed by atoms with Crippen molar-refractivity contribution in [3.63, 3.8) is 0 Å². The van der Waals surface area contributed by atoms with E-state index in [9.17, 15) is 4.79 Å². The molecule has 0 aliphatic rings. The van der Waals surface area contributed by atoms with Gasteiger partial charge in [-0.15, -0.1) is 0 Å². The van der Waals surface area contributed by atoms with Crippen LogP contribution < -0.4 is 0 Å². The fourth-order valence-corrected chi connectivity index (χ4v) is 2.48. The van der Waals surface area contributed by atoms with Crippen molar-refractivity contribution >= 4 is 38.9 Å². The third-order valence-corrected chi connectivity index (χ3v) is 3.63. The predicted octanol–water partition coefficient (Wildman–Crippen LogP) is 5.91. The first kappa shape index (κ1) is 15.7. The monoisotopic (exact) mass is 360 g/mol. The number of rotatable bonds is 4. The maximum atomic E-state index is 12.2. The molecule has 2 aromatic carbocycles. The second-order valence-corrected chi connectivity index (χ2v) is 6.15. The number of ketones is 1. The second-order valence-electron chi connectivity index (χ2n) is 4.52. The summed E-state index contributed by atoms with van der Waals surface area (Å²) in [5.41, 5.74) is 2.62. The molecule has 106 valence electrons. The third-order valence-electron chi connectivity index (χ3n) is 2.97. The van der Waals surface area contributed by atoms with Crippen LogP contribution in [0.5, 0.6) is 0 Å². The van der Waals surface area contributed by atoms with Crippen molar-refractivity contribution < 1.29 is 4.79 Å². The molecule has 0 aromatic heterocycles. The van der Waals surface area contributed by atoms with Crippen molar-refractivity contribution in [1.29, 1.82) is 0 Å². The summed E-state index contributed by atoms with van der Waals surface area (Å²) in [6.45, 7) is 1.95. The topological polar surface area (TPSA) is 17.1 Å². The number of carbonyl (C=O) groups excluding carboxylic acids is 1. The highest BCUT2D eigenvalue weighted by Crippen LogP contribution is 2.24. The number of halogens is 2. The summed E-state index contributed by atoms with van der Waals surface area (Å²) in [6, 6.07) is 16.9. The number of allylic oxidation sites excluding steroid dienone is 4. The molecular weight excluding hydrogens is 348 g/mol. The molecule has 0 saturated carbocycles. The lowest BCUT2D eigenvalue weighted by atomic mass is 10.0. The Morgan fingerprint density at radius 1 is 1.00 bits per heavy atom. The largest absolute Gasteiger partial charge is 0.289 e. The van der Waals surface area contributed by atoms with Crippen LogP contribution in [0.15, 0.2) is 71.2 Å². The van der Waals surface area contributed by atoms with Gasteiger partial charge in [0.25, 0.3) is 0 Å². The number of hydrogen-bond acceptors (Lipinski definition) is 1. The third kappa shape index (κ3) is 4.42. The maximum Gasteiger partial charge on any atom is 0.185 e. The standard InChI is InChI=1S/C18H14BrClO/c1-13(19)17(14-6-3-2-4-7-14)10-11-18(21)15-8-5-9-16(20)12-15/h2-12H,1H3/b11-10+,17-13-. The molecule has 0 spiro atoms. The Morgan fingerprint density at radius 3 is 2.29 bits per heavy atom. The predicted molar refractivity (Wildman–Crippen MR) is 92.9 cm³/mol. The minimum absolute atomic E-state index is 0.0697. The molecule has 2 aromatic rings. The summed E-state index contributed by atoms with van der Waals surface area (Å²) in [5, 5.41) is 0.560. The van der Waals surface area contributed by atoms with E-state index in [1.165, 1.54) is 0 Å². The van der Waals surface area contributed by atoms with Gasteiger partial charge in [-0.25, -0.2) is 0 Å². The van der Waals surface area contributed by atoms with Gasteiger partial charge in [0, 0.05) is 10.6 Å². The van der Waals surface area contributed by atoms with Crippen molar-refractivity contribution in [2.75, 3.05) is 0 Å². The zero-order chi connectivity index (χ0) is 15.2. The highest BCUT2D eigenvalue weighted by atomic mass is 79.9. The highest BCUT2D eigenvalue weighted by molar-refractivity contribution is 9.11. The molecule has 1 nitrogen and oxygen atoms in total. The Kier molecular flexibility index (Phi) is 5.54. The van der Waals surface area contributed by atoms with Gasteiger partial charge in [0.2, 0.25) is 0 Å². The molecule has 0 aliphatic carbocycles. The van der Waals surface area contributed by atoms with Gasteiger partial charge in [-0.05, 0) is 46.8 Å². The molecule has 0 unspecified atom stereocenters. The molecule has 0 N–H and O–H groups in total. The van der Waals surface area contributed by atoms with Crippen molar-refractivity contribution in [3.05, 3.63) is 87.4 Å². The Balaban J connectivity index is 2.26. The van der Waals surface area contributed by atoms with Gasteiger partial charge < -0.3 is 0 Å². The van der Waals surface area contributed by atoms with Gasteiger partial charge >= 0.3 is 0 Å². The van der Waals surface area contributed by atoms with Crippen LogP contribution in [-0.4, -0.2) is 5.78 Å². The van der Waals surface area contributed by atoms with E-state index < -0.39 is 0 Å². The number of benzene rings is 2. The lowest BCUT2D eigenvalue weighted by Gasteiger charge is -2.04. The first-order chi connectivity index (χ1) is 10.1. The average molecular weight is 362 g/mol. The molecule has 0 fully saturated rings. The molecule has 0 radical (unpaired) electrons. The van der Waals surface area contributed by atoms with Crippen molar-refractivity contribution in [2.24, 2.45) is 0 Å². The highest BCUT2D eigenvalue weighted by Gasteiger charge is 2.04. The van der Waals surface area contributed by atoms with Crippen LogP contribution in [-0.2, 0) is 0 Å². The van der Waals surface area contributed by atoms with Crippen LogP contribution in [0.3, 0.4) is 0 Å². The summed E-state index contributed by atoms with van der Waals surface area (Å²) < 4.78 is 0.976. The lowest BCUT2D eigenvalue weighted by Crippen LogP contribution is -1.94. The second kappa shape index (κ2) is 7.39. The van der Waals surface area contributed by atoms with Crippen LogP contribution >= 0.6 is 27.5 Å². The summed E-state index contributed by atoms with van der Waals surface area (Å²) in [4.78, 5) is 12.2. The van der Waals surface area contributed by atoms with E-state index in [1.54, 1.807) is 30.3 Å². The molecule has 21 heavy (non-hydrogen) atoms. The Labute approximate surface area is 138 Å². The molecule has 0 bridgehead atoms. The SMILES string of the molecule is C/C(Br)=C(\C=C\C(=O)c1cccc(Cl)c1)c1ccccc1. The maximum absolute atomic E-state index is 12.2. The van der Waals surface area contributed by atoms with Gasteiger partial charge in [-0.3, -0.25) is 4.79 Å². The van der Waals surface area contributed by atoms with Gasteiger partial charge in [0.1, 0.15) is 0 Å². The lowest BCUT2D eigenvalue weighted by molar-refractivity contribution is 0.104. The molecule has 0 amide bonds. The van der Waals surface area contributed by atoms with E-state index in [-0.39, 0.29) is 5.78 Å². The van der Waals surface area contributed by atoms with Gasteiger partial charge in [0.15, 0.2) is 5.78 Å². The minimum atomic E-state index is -0.0697. The van der Waals surface area contributed by atoms with E-state index in [0.29, 0.717) is 10.6 Å². The molecule has 2 rings (SSSR count). The summed E-state index contributed by atoms with van der Waals surface area (Å²) in [6.07, 6.45) is 3.39. The fraction of sp³-hybridized carbons (Fsp3) is 0.0556. The zero-order valence-electron chi connectivity index (χ0n) is 11.5. The number of hydrogen-bond donors (Lipinski definition) is 0. The smallest absolute Gasteiger partial charge is 0.185 e. The molecule has 0 saturated heterocycles. The first-order valence-corrected chi connectivity index (χ1v) is 7.65. The minimum Gasteiger partial charge on any atom is -0.289 e. The molecule has 0 heterocycles. The van der Waals surface area contributed by atoms with E-state index >= 15 is 0 Å². The molecular formula is C18H14BrClO. The number of carbonyl (C=O) groups is 1. The normalized spacial score (nSPS) is 12.3. The summed E-state index contributed by atoms with van der Waals surface area (Å²) in [5.74, 6) is -0.0697. The van der Waals surface area contributed by atoms with E-state index in [2.05, 4.69) is 15.9 Å². The van der Waals surface area contributed by atoms with Crippen molar-refractivity contribution in [1.82, 2.24) is 0 Å². The first-order valence-electron chi connectivity index (χ1n) is 6.47. The Hall–Kier alpha value is -1.64. The van der Waals surface area contributed by atoms with Crippen LogP contribution in [0.4, 0.5) is 0 Å². The van der Waals surface area contributed by atoms with Crippen molar-refractivity contribution in [2.45, 2.75) is 6.92 Å². The average Bonchev–Trinajstić information content (AvgIpc) is 2.48. The van der Waals surface area contributed by atoms with Crippen LogP contribution in [0.25, 0.3) is 5.57 Å². The van der Waals surface area contributed by atoms with E-state index in [1.807, 2.05) is 43.3 Å². The molecule has 0 atom stereocenters. The van der Waals surface area contributed by atoms with Crippen LogP contribution in [0.1, 0.15) is 22.8 Å². The molecule has 0 aliphatic heterocycles. The zero-order valence-corrected chi connectivity index (χ0v) is 13.9. The van der Waals surface area contributed by atoms with Gasteiger partial charge in [0.05, 0.1) is 0 Å². The molecule has 3 heteroatoms. The van der Waals surface area contributed by atoms with E-state index in [0.717, 1.165) is 15.6 Å². The van der Waals surface area contributed by atoms with Crippen molar-refractivity contribution in [3.8, 4) is 0 Å². The fourth-order valence-electron chi connectivity index (χ4n) is 1.92. The summed E-state index contributed by atoms with van der Waals surface area (Å²) >= 11 is 9.40. The Morgan fingerprint density at radius 2 is 1.67 bits per heavy atom. The quantitative estimate of drug-likeness (QED) is 0.376.